The lowest BCUT2D eigenvalue weighted by atomic mass is 10.2. The van der Waals surface area contributed by atoms with Gasteiger partial charge in [0.05, 0.1) is 17.6 Å². The number of nitrogens with one attached hydrogen (secondary N) is 2. The van der Waals surface area contributed by atoms with Crippen molar-refractivity contribution in [1.82, 2.24) is 4.72 Å². The predicted octanol–water partition coefficient (Wildman–Crippen LogP) is 1.89. The van der Waals surface area contributed by atoms with E-state index in [0.29, 0.717) is 24.2 Å². The summed E-state index contributed by atoms with van der Waals surface area (Å²) in [5.41, 5.74) is 2.11. The Labute approximate surface area is 126 Å². The summed E-state index contributed by atoms with van der Waals surface area (Å²) in [5, 5.41) is 3.20. The molecule has 1 aromatic carbocycles. The van der Waals surface area contributed by atoms with E-state index in [-0.39, 0.29) is 0 Å². The maximum absolute atomic E-state index is 12.2. The smallest absolute Gasteiger partial charge is 0.240 e. The molecular formula is C15H22N2O3S. The summed E-state index contributed by atoms with van der Waals surface area (Å²) in [5.74, 6) is 0. The molecule has 0 spiro atoms. The minimum absolute atomic E-state index is 0.316. The number of anilines is 1. The monoisotopic (exact) mass is 310 g/mol. The predicted molar refractivity (Wildman–Crippen MR) is 82.0 cm³/mol. The van der Waals surface area contributed by atoms with Crippen LogP contribution in [0.15, 0.2) is 23.1 Å². The zero-order chi connectivity index (χ0) is 14.7. The van der Waals surface area contributed by atoms with Crippen molar-refractivity contribution in [2.24, 2.45) is 0 Å². The first kappa shape index (κ1) is 14.8. The van der Waals surface area contributed by atoms with Crippen LogP contribution in [0.2, 0.25) is 0 Å². The van der Waals surface area contributed by atoms with Crippen molar-refractivity contribution in [3.05, 3.63) is 23.8 Å². The van der Waals surface area contributed by atoms with Crippen molar-refractivity contribution < 1.29 is 13.2 Å². The molecule has 1 aliphatic heterocycles. The summed E-state index contributed by atoms with van der Waals surface area (Å²) in [7, 11) is -3.45. The van der Waals surface area contributed by atoms with Gasteiger partial charge in [0.1, 0.15) is 0 Å². The van der Waals surface area contributed by atoms with Crippen LogP contribution in [0.4, 0.5) is 5.69 Å². The quantitative estimate of drug-likeness (QED) is 0.788. The van der Waals surface area contributed by atoms with Gasteiger partial charge in [-0.15, -0.1) is 0 Å². The van der Waals surface area contributed by atoms with Crippen molar-refractivity contribution in [3.63, 3.8) is 0 Å². The topological polar surface area (TPSA) is 67.4 Å². The fourth-order valence-corrected chi connectivity index (χ4v) is 4.02. The maximum atomic E-state index is 12.2. The first-order valence-electron chi connectivity index (χ1n) is 7.63. The molecule has 1 fully saturated rings. The van der Waals surface area contributed by atoms with Crippen LogP contribution in [0.3, 0.4) is 0 Å². The molecule has 0 atom stereocenters. The van der Waals surface area contributed by atoms with E-state index in [1.165, 1.54) is 18.4 Å². The molecule has 1 aromatic rings. The highest BCUT2D eigenvalue weighted by Gasteiger charge is 2.19. The SMILES string of the molecule is O=S(=O)(NCCOC1CCCC1)c1ccc2c(c1)NCC2. The van der Waals surface area contributed by atoms with Gasteiger partial charge in [-0.05, 0) is 37.0 Å². The Hall–Kier alpha value is -1.11. The van der Waals surface area contributed by atoms with E-state index in [9.17, 15) is 8.42 Å². The Bertz CT molecular complexity index is 595. The number of ether oxygens (including phenoxy) is 1. The fraction of sp³-hybridized carbons (Fsp3) is 0.600. The van der Waals surface area contributed by atoms with Crippen molar-refractivity contribution in [2.45, 2.75) is 43.1 Å². The van der Waals surface area contributed by atoms with Gasteiger partial charge in [-0.1, -0.05) is 18.9 Å². The van der Waals surface area contributed by atoms with E-state index in [2.05, 4.69) is 10.0 Å². The molecule has 0 unspecified atom stereocenters. The summed E-state index contributed by atoms with van der Waals surface area (Å²) in [6.45, 7) is 1.64. The average Bonchev–Trinajstić information content (AvgIpc) is 3.13. The fourth-order valence-electron chi connectivity index (χ4n) is 2.98. The first-order chi connectivity index (χ1) is 10.1. The van der Waals surface area contributed by atoms with E-state index in [1.807, 2.05) is 6.07 Å². The molecule has 1 saturated carbocycles. The molecule has 21 heavy (non-hydrogen) atoms. The van der Waals surface area contributed by atoms with E-state index >= 15 is 0 Å². The summed E-state index contributed by atoms with van der Waals surface area (Å²) < 4.78 is 32.7. The normalized spacial score (nSPS) is 18.7. The van der Waals surface area contributed by atoms with E-state index < -0.39 is 10.0 Å². The minimum atomic E-state index is -3.45. The average molecular weight is 310 g/mol. The van der Waals surface area contributed by atoms with Gasteiger partial charge >= 0.3 is 0 Å². The third-order valence-corrected chi connectivity index (χ3v) is 5.61. The third-order valence-electron chi connectivity index (χ3n) is 4.15. The molecule has 5 nitrogen and oxygen atoms in total. The number of hydrogen-bond acceptors (Lipinski definition) is 4. The standard InChI is InChI=1S/C15H22N2O3S/c18-21(19,17-9-10-20-13-3-1-2-4-13)14-6-5-12-7-8-16-15(12)11-14/h5-6,11,13,16-17H,1-4,7-10H2. The molecule has 0 amide bonds. The highest BCUT2D eigenvalue weighted by molar-refractivity contribution is 7.89. The molecule has 0 radical (unpaired) electrons. The number of hydrogen-bond donors (Lipinski definition) is 2. The summed E-state index contributed by atoms with van der Waals surface area (Å²) in [6, 6.07) is 5.27. The lowest BCUT2D eigenvalue weighted by molar-refractivity contribution is 0.0626. The van der Waals surface area contributed by atoms with Gasteiger partial charge in [-0.25, -0.2) is 13.1 Å². The van der Waals surface area contributed by atoms with Gasteiger partial charge in [0.15, 0.2) is 0 Å². The van der Waals surface area contributed by atoms with E-state index in [1.54, 1.807) is 12.1 Å². The molecule has 3 rings (SSSR count). The number of benzene rings is 1. The van der Waals surface area contributed by atoms with Crippen LogP contribution >= 0.6 is 0 Å². The van der Waals surface area contributed by atoms with Gasteiger partial charge in [0, 0.05) is 18.8 Å². The second-order valence-electron chi connectivity index (χ2n) is 5.67. The zero-order valence-electron chi connectivity index (χ0n) is 12.1. The Morgan fingerprint density at radius 1 is 1.29 bits per heavy atom. The van der Waals surface area contributed by atoms with Crippen LogP contribution in [0, 0.1) is 0 Å². The summed E-state index contributed by atoms with van der Waals surface area (Å²) >= 11 is 0. The highest BCUT2D eigenvalue weighted by Crippen LogP contribution is 2.25. The molecule has 0 saturated heterocycles. The van der Waals surface area contributed by atoms with Crippen LogP contribution in [-0.2, 0) is 21.2 Å². The van der Waals surface area contributed by atoms with Gasteiger partial charge in [0.25, 0.3) is 0 Å². The van der Waals surface area contributed by atoms with Crippen LogP contribution in [-0.4, -0.2) is 34.2 Å². The van der Waals surface area contributed by atoms with Crippen molar-refractivity contribution >= 4 is 15.7 Å². The molecule has 116 valence electrons. The van der Waals surface area contributed by atoms with Crippen LogP contribution in [0.5, 0.6) is 0 Å². The molecule has 0 aromatic heterocycles. The molecule has 1 heterocycles. The van der Waals surface area contributed by atoms with E-state index in [4.69, 9.17) is 4.74 Å². The summed E-state index contributed by atoms with van der Waals surface area (Å²) in [4.78, 5) is 0.316. The van der Waals surface area contributed by atoms with Gasteiger partial charge in [0.2, 0.25) is 10.0 Å². The maximum Gasteiger partial charge on any atom is 0.240 e. The second-order valence-corrected chi connectivity index (χ2v) is 7.44. The van der Waals surface area contributed by atoms with Gasteiger partial charge in [-0.3, -0.25) is 0 Å². The number of sulfonamides is 1. The highest BCUT2D eigenvalue weighted by atomic mass is 32.2. The first-order valence-corrected chi connectivity index (χ1v) is 9.11. The molecule has 0 bridgehead atoms. The van der Waals surface area contributed by atoms with Gasteiger partial charge in [-0.2, -0.15) is 0 Å². The number of rotatable bonds is 6. The molecule has 6 heteroatoms. The van der Waals surface area contributed by atoms with Crippen LogP contribution in [0.1, 0.15) is 31.2 Å². The molecule has 2 aliphatic rings. The Kier molecular flexibility index (Phi) is 4.47. The molecule has 2 N–H and O–H groups in total. The minimum Gasteiger partial charge on any atom is -0.384 e. The van der Waals surface area contributed by atoms with Gasteiger partial charge < -0.3 is 10.1 Å². The van der Waals surface area contributed by atoms with Crippen molar-refractivity contribution in [3.8, 4) is 0 Å². The third kappa shape index (κ3) is 3.56. The Morgan fingerprint density at radius 2 is 2.10 bits per heavy atom. The number of fused-ring (bicyclic) bond motifs is 1. The Balaban J connectivity index is 1.53. The molecular weight excluding hydrogens is 288 g/mol. The van der Waals surface area contributed by atoms with E-state index in [0.717, 1.165) is 31.5 Å². The lowest BCUT2D eigenvalue weighted by Gasteiger charge is -2.12. The Morgan fingerprint density at radius 3 is 2.90 bits per heavy atom. The van der Waals surface area contributed by atoms with Crippen LogP contribution < -0.4 is 10.0 Å². The molecule has 1 aliphatic carbocycles. The zero-order valence-corrected chi connectivity index (χ0v) is 12.9. The van der Waals surface area contributed by atoms with Crippen molar-refractivity contribution in [2.75, 3.05) is 25.0 Å². The summed E-state index contributed by atoms with van der Waals surface area (Å²) in [6.07, 6.45) is 5.92. The van der Waals surface area contributed by atoms with Crippen LogP contribution in [0.25, 0.3) is 0 Å². The second kappa shape index (κ2) is 6.34. The largest absolute Gasteiger partial charge is 0.384 e. The lowest BCUT2D eigenvalue weighted by Crippen LogP contribution is -2.28. The van der Waals surface area contributed by atoms with Crippen molar-refractivity contribution in [1.29, 1.82) is 0 Å².